The third-order valence-electron chi connectivity index (χ3n) is 6.07. The number of allylic oxidation sites excluding steroid dienone is 1. The fraction of sp³-hybridized carbons (Fsp3) is 0.407. The van der Waals surface area contributed by atoms with Crippen LogP contribution in [0.5, 0.6) is 0 Å². The van der Waals surface area contributed by atoms with Crippen molar-refractivity contribution in [3.05, 3.63) is 78.0 Å². The third kappa shape index (κ3) is 4.56. The van der Waals surface area contributed by atoms with E-state index < -0.39 is 10.8 Å². The zero-order chi connectivity index (χ0) is 21.8. The summed E-state index contributed by atoms with van der Waals surface area (Å²) in [7, 11) is 0. The van der Waals surface area contributed by atoms with Crippen LogP contribution in [0.2, 0.25) is 0 Å². The lowest BCUT2D eigenvalue weighted by molar-refractivity contribution is -0.126. The molecule has 1 amide bonds. The lowest BCUT2D eigenvalue weighted by Gasteiger charge is -2.37. The Kier molecular flexibility index (Phi) is 6.60. The number of carbonyl (C=O) groups is 2. The van der Waals surface area contributed by atoms with Gasteiger partial charge < -0.3 is 0 Å². The van der Waals surface area contributed by atoms with Crippen LogP contribution < -0.4 is 4.90 Å². The Balaban J connectivity index is 1.96. The molecule has 0 saturated heterocycles. The summed E-state index contributed by atoms with van der Waals surface area (Å²) in [6.07, 6.45) is 8.01. The predicted octanol–water partition coefficient (Wildman–Crippen LogP) is 6.36. The molecule has 1 aliphatic rings. The first-order valence-corrected chi connectivity index (χ1v) is 10.9. The average Bonchev–Trinajstić information content (AvgIpc) is 2.72. The first-order chi connectivity index (χ1) is 14.3. The minimum absolute atomic E-state index is 0.0323. The van der Waals surface area contributed by atoms with Crippen LogP contribution in [0.1, 0.15) is 64.0 Å². The molecular weight excluding hydrogens is 370 g/mol. The summed E-state index contributed by atoms with van der Waals surface area (Å²) < 4.78 is 0. The number of hydrogen-bond acceptors (Lipinski definition) is 2. The number of nitrogens with zero attached hydrogens (tertiary/aromatic N) is 1. The van der Waals surface area contributed by atoms with Crippen molar-refractivity contribution in [3.8, 4) is 0 Å². The van der Waals surface area contributed by atoms with Crippen LogP contribution in [0, 0.1) is 12.3 Å². The van der Waals surface area contributed by atoms with Crippen molar-refractivity contribution in [3.63, 3.8) is 0 Å². The molecule has 3 rings (SSSR count). The van der Waals surface area contributed by atoms with Crippen molar-refractivity contribution in [2.24, 2.45) is 5.41 Å². The molecule has 2 aromatic rings. The number of Topliss-reactive ketones (excluding diaryl/α,β-unsaturated/α-hetero) is 1. The number of anilines is 1. The maximum atomic E-state index is 13.2. The van der Waals surface area contributed by atoms with E-state index in [1.54, 1.807) is 4.90 Å². The fourth-order valence-corrected chi connectivity index (χ4v) is 4.39. The molecule has 0 spiro atoms. The first-order valence-electron chi connectivity index (χ1n) is 10.9. The molecule has 30 heavy (non-hydrogen) atoms. The Morgan fingerprint density at radius 1 is 1.03 bits per heavy atom. The third-order valence-corrected chi connectivity index (χ3v) is 6.07. The minimum atomic E-state index is -0.505. The lowest BCUT2D eigenvalue weighted by atomic mass is 9.65. The molecule has 0 radical (unpaired) electrons. The van der Waals surface area contributed by atoms with Crippen molar-refractivity contribution in [1.82, 2.24) is 0 Å². The van der Waals surface area contributed by atoms with E-state index in [0.29, 0.717) is 18.6 Å². The van der Waals surface area contributed by atoms with Gasteiger partial charge in [-0.2, -0.15) is 0 Å². The van der Waals surface area contributed by atoms with Gasteiger partial charge in [0.05, 0.1) is 5.41 Å². The summed E-state index contributed by atoms with van der Waals surface area (Å²) in [5.74, 6) is 0.353. The van der Waals surface area contributed by atoms with Crippen LogP contribution in [0.4, 0.5) is 5.69 Å². The molecular formula is C27H33NO2. The van der Waals surface area contributed by atoms with Crippen LogP contribution in [0.3, 0.4) is 0 Å². The summed E-state index contributed by atoms with van der Waals surface area (Å²) in [5.41, 5.74) is 2.13. The molecule has 0 aliphatic heterocycles. The average molecular weight is 404 g/mol. The molecule has 0 N–H and O–H groups in total. The van der Waals surface area contributed by atoms with Gasteiger partial charge in [-0.15, -0.1) is 0 Å². The standard InChI is InChI=1S/C27H33NO2/c1-21-13-8-9-16-23(21)27(18-11-10-17-24(27)29)19-12-20-28(25(30)26(2,3)4)22-14-6-5-7-15-22/h5-9,12-16,20H,10-11,17-19H2,1-4H3/b20-12+/t27-/m0/s1. The van der Waals surface area contributed by atoms with E-state index in [-0.39, 0.29) is 5.91 Å². The van der Waals surface area contributed by atoms with Gasteiger partial charge in [0.2, 0.25) is 5.91 Å². The fourth-order valence-electron chi connectivity index (χ4n) is 4.39. The van der Waals surface area contributed by atoms with Gasteiger partial charge in [0, 0.05) is 23.7 Å². The zero-order valence-electron chi connectivity index (χ0n) is 18.7. The van der Waals surface area contributed by atoms with Gasteiger partial charge >= 0.3 is 0 Å². The van der Waals surface area contributed by atoms with E-state index in [0.717, 1.165) is 36.1 Å². The highest BCUT2D eigenvalue weighted by molar-refractivity contribution is 5.98. The van der Waals surface area contributed by atoms with Gasteiger partial charge in [0.1, 0.15) is 5.78 Å². The highest BCUT2D eigenvalue weighted by atomic mass is 16.2. The van der Waals surface area contributed by atoms with E-state index in [1.165, 1.54) is 0 Å². The van der Waals surface area contributed by atoms with Gasteiger partial charge in [0.15, 0.2) is 0 Å². The van der Waals surface area contributed by atoms with Gasteiger partial charge in [-0.25, -0.2) is 0 Å². The number of benzene rings is 2. The molecule has 0 heterocycles. The Labute approximate surface area is 180 Å². The van der Waals surface area contributed by atoms with E-state index in [4.69, 9.17) is 0 Å². The quantitative estimate of drug-likeness (QED) is 0.582. The van der Waals surface area contributed by atoms with Crippen molar-refractivity contribution in [2.75, 3.05) is 4.90 Å². The van der Waals surface area contributed by atoms with Crippen molar-refractivity contribution < 1.29 is 9.59 Å². The minimum Gasteiger partial charge on any atom is -0.299 e. The van der Waals surface area contributed by atoms with E-state index in [2.05, 4.69) is 19.1 Å². The molecule has 0 bridgehead atoms. The monoisotopic (exact) mass is 403 g/mol. The first kappa shape index (κ1) is 22.0. The van der Waals surface area contributed by atoms with Crippen LogP contribution in [0.25, 0.3) is 0 Å². The van der Waals surface area contributed by atoms with Gasteiger partial charge in [0.25, 0.3) is 0 Å². The molecule has 1 aliphatic carbocycles. The van der Waals surface area contributed by atoms with Crippen LogP contribution in [-0.4, -0.2) is 11.7 Å². The number of amides is 1. The number of rotatable bonds is 5. The van der Waals surface area contributed by atoms with Crippen LogP contribution >= 0.6 is 0 Å². The number of hydrogen-bond donors (Lipinski definition) is 0. The molecule has 3 nitrogen and oxygen atoms in total. The smallest absolute Gasteiger partial charge is 0.236 e. The Bertz CT molecular complexity index is 923. The Morgan fingerprint density at radius 2 is 1.70 bits per heavy atom. The number of aryl methyl sites for hydroxylation is 1. The summed E-state index contributed by atoms with van der Waals surface area (Å²) in [6, 6.07) is 17.9. The highest BCUT2D eigenvalue weighted by Gasteiger charge is 2.41. The second kappa shape index (κ2) is 8.99. The number of ketones is 1. The van der Waals surface area contributed by atoms with Gasteiger partial charge in [-0.1, -0.05) is 75.7 Å². The molecule has 158 valence electrons. The Hall–Kier alpha value is -2.68. The topological polar surface area (TPSA) is 37.4 Å². The summed E-state index contributed by atoms with van der Waals surface area (Å²) in [6.45, 7) is 7.87. The van der Waals surface area contributed by atoms with Crippen LogP contribution in [0.15, 0.2) is 66.9 Å². The van der Waals surface area contributed by atoms with Gasteiger partial charge in [-0.3, -0.25) is 14.5 Å². The SMILES string of the molecule is Cc1ccccc1[C@@]1(C/C=C/N(C(=O)C(C)(C)C)c2ccccc2)CCCCC1=O. The maximum Gasteiger partial charge on any atom is 0.236 e. The van der Waals surface area contributed by atoms with E-state index in [9.17, 15) is 9.59 Å². The molecule has 1 fully saturated rings. The summed E-state index contributed by atoms with van der Waals surface area (Å²) in [4.78, 5) is 28.0. The Morgan fingerprint density at radius 3 is 2.33 bits per heavy atom. The molecule has 3 heteroatoms. The predicted molar refractivity (Wildman–Crippen MR) is 123 cm³/mol. The summed E-state index contributed by atoms with van der Waals surface area (Å²) >= 11 is 0. The second-order valence-electron chi connectivity index (χ2n) is 9.38. The van der Waals surface area contributed by atoms with E-state index >= 15 is 0 Å². The number of para-hydroxylation sites is 1. The lowest BCUT2D eigenvalue weighted by Crippen LogP contribution is -2.39. The number of carbonyl (C=O) groups excluding carboxylic acids is 2. The van der Waals surface area contributed by atoms with Crippen molar-refractivity contribution in [1.29, 1.82) is 0 Å². The van der Waals surface area contributed by atoms with E-state index in [1.807, 2.05) is 75.5 Å². The van der Waals surface area contributed by atoms with Crippen molar-refractivity contribution >= 4 is 17.4 Å². The summed E-state index contributed by atoms with van der Waals surface area (Å²) in [5, 5.41) is 0. The maximum absolute atomic E-state index is 13.2. The normalized spacial score (nSPS) is 19.8. The highest BCUT2D eigenvalue weighted by Crippen LogP contribution is 2.41. The molecule has 1 saturated carbocycles. The zero-order valence-corrected chi connectivity index (χ0v) is 18.7. The molecule has 1 atom stereocenters. The molecule has 0 unspecified atom stereocenters. The molecule has 2 aromatic carbocycles. The van der Waals surface area contributed by atoms with Crippen LogP contribution in [-0.2, 0) is 15.0 Å². The van der Waals surface area contributed by atoms with Gasteiger partial charge in [-0.05, 0) is 49.4 Å². The second-order valence-corrected chi connectivity index (χ2v) is 9.38. The molecule has 0 aromatic heterocycles. The largest absolute Gasteiger partial charge is 0.299 e. The van der Waals surface area contributed by atoms with Crippen molar-refractivity contribution in [2.45, 2.75) is 65.2 Å².